The van der Waals surface area contributed by atoms with Gasteiger partial charge in [-0.25, -0.2) is 9.69 Å². The molecule has 8 heteroatoms. The maximum Gasteiger partial charge on any atom is 0.392 e. The van der Waals surface area contributed by atoms with Gasteiger partial charge in [0.2, 0.25) is 11.9 Å². The number of ether oxygens (including phenoxy) is 1. The summed E-state index contributed by atoms with van der Waals surface area (Å²) in [5.74, 6) is 0.940. The first-order valence-corrected chi connectivity index (χ1v) is 7.27. The second kappa shape index (κ2) is 5.53. The molecule has 0 bridgehead atoms. The van der Waals surface area contributed by atoms with Crippen LogP contribution in [0.5, 0.6) is 0 Å². The quantitative estimate of drug-likeness (QED) is 0.494. The van der Waals surface area contributed by atoms with Crippen molar-refractivity contribution < 1.29 is 18.9 Å². The van der Waals surface area contributed by atoms with Crippen molar-refractivity contribution in [1.29, 1.82) is 0 Å². The molecule has 1 atom stereocenters. The molecule has 0 saturated carbocycles. The van der Waals surface area contributed by atoms with Gasteiger partial charge >= 0.3 is 12.0 Å². The molecule has 3 rings (SSSR count). The van der Waals surface area contributed by atoms with Crippen LogP contribution >= 0.6 is 0 Å². The molecule has 0 aromatic carbocycles. The molecule has 8 nitrogen and oxygen atoms in total. The molecule has 2 saturated heterocycles. The fourth-order valence-corrected chi connectivity index (χ4v) is 2.93. The third-order valence-corrected chi connectivity index (χ3v) is 4.13. The number of urea groups is 1. The van der Waals surface area contributed by atoms with Crippen molar-refractivity contribution >= 4 is 23.7 Å². The number of amidine groups is 1. The van der Waals surface area contributed by atoms with Crippen LogP contribution in [0.4, 0.5) is 4.79 Å². The number of morpholine rings is 1. The standard InChI is InChI=1S/C14H20N5O3/c1-4-5-19-10-11(16(2)14(21)17(3)12(10)20)15-13(19)18-6-8-22-9-7-18/h4,10H,1,5-9H2,2-3H3/q+1. The predicted molar refractivity (Wildman–Crippen MR) is 79.9 cm³/mol. The number of aliphatic imine (C=N–C) groups is 1. The molecule has 3 aliphatic rings. The number of hydrogen-bond acceptors (Lipinski definition) is 3. The highest BCUT2D eigenvalue weighted by atomic mass is 16.5. The van der Waals surface area contributed by atoms with E-state index in [4.69, 9.17) is 4.74 Å². The van der Waals surface area contributed by atoms with Gasteiger partial charge < -0.3 is 4.74 Å². The van der Waals surface area contributed by atoms with Crippen molar-refractivity contribution in [3.05, 3.63) is 12.7 Å². The lowest BCUT2D eigenvalue weighted by molar-refractivity contribution is -0.554. The van der Waals surface area contributed by atoms with Crippen molar-refractivity contribution in [2.45, 2.75) is 6.04 Å². The molecule has 1 unspecified atom stereocenters. The Hall–Kier alpha value is -2.22. The monoisotopic (exact) mass is 306 g/mol. The zero-order valence-corrected chi connectivity index (χ0v) is 12.9. The van der Waals surface area contributed by atoms with E-state index in [0.29, 0.717) is 44.6 Å². The highest BCUT2D eigenvalue weighted by Crippen LogP contribution is 2.22. The van der Waals surface area contributed by atoms with Crippen LogP contribution in [0.2, 0.25) is 0 Å². The molecule has 0 N–H and O–H groups in total. The Morgan fingerprint density at radius 2 is 2.00 bits per heavy atom. The zero-order valence-electron chi connectivity index (χ0n) is 12.9. The maximum atomic E-state index is 12.5. The summed E-state index contributed by atoms with van der Waals surface area (Å²) in [4.78, 5) is 33.7. The van der Waals surface area contributed by atoms with Crippen LogP contribution in [-0.2, 0) is 9.53 Å². The Morgan fingerprint density at radius 1 is 1.32 bits per heavy atom. The number of likely N-dealkylation sites (N-methyl/N-ethyl adjacent to an activating group) is 2. The molecule has 0 aromatic rings. The van der Waals surface area contributed by atoms with E-state index in [1.807, 2.05) is 4.90 Å². The lowest BCUT2D eigenvalue weighted by Crippen LogP contribution is -2.62. The topological polar surface area (TPSA) is 68.5 Å². The third kappa shape index (κ3) is 2.10. The van der Waals surface area contributed by atoms with Gasteiger partial charge in [-0.05, 0) is 0 Å². The highest BCUT2D eigenvalue weighted by Gasteiger charge is 2.54. The van der Waals surface area contributed by atoms with E-state index in [1.54, 1.807) is 13.1 Å². The molecule has 3 amide bonds. The van der Waals surface area contributed by atoms with Gasteiger partial charge in [-0.15, -0.1) is 0 Å². The highest BCUT2D eigenvalue weighted by molar-refractivity contribution is 6.25. The Balaban J connectivity index is 2.05. The molecule has 22 heavy (non-hydrogen) atoms. The van der Waals surface area contributed by atoms with Crippen LogP contribution in [0.1, 0.15) is 0 Å². The minimum atomic E-state index is -0.566. The van der Waals surface area contributed by atoms with E-state index < -0.39 is 6.04 Å². The fraction of sp³-hybridized carbons (Fsp3) is 0.571. The van der Waals surface area contributed by atoms with Crippen LogP contribution in [-0.4, -0.2) is 96.0 Å². The number of imide groups is 1. The van der Waals surface area contributed by atoms with Crippen molar-refractivity contribution in [3.8, 4) is 0 Å². The molecule has 0 aliphatic carbocycles. The Labute approximate surface area is 128 Å². The van der Waals surface area contributed by atoms with E-state index in [2.05, 4.69) is 16.1 Å². The van der Waals surface area contributed by atoms with E-state index >= 15 is 0 Å². The third-order valence-electron chi connectivity index (χ3n) is 4.13. The van der Waals surface area contributed by atoms with E-state index in [-0.39, 0.29) is 11.9 Å². The first-order chi connectivity index (χ1) is 10.6. The summed E-state index contributed by atoms with van der Waals surface area (Å²) >= 11 is 0. The Kier molecular flexibility index (Phi) is 3.69. The van der Waals surface area contributed by atoms with Gasteiger partial charge in [0.1, 0.15) is 0 Å². The lowest BCUT2D eigenvalue weighted by Gasteiger charge is -2.33. The number of fused-ring (bicyclic) bond motifs is 1. The minimum Gasteiger partial charge on any atom is -0.375 e. The largest absolute Gasteiger partial charge is 0.392 e. The molecular formula is C14H20N5O3+. The van der Waals surface area contributed by atoms with E-state index in [1.165, 1.54) is 11.9 Å². The van der Waals surface area contributed by atoms with Crippen LogP contribution < -0.4 is 0 Å². The summed E-state index contributed by atoms with van der Waals surface area (Å²) in [6.07, 6.45) is 1.74. The first-order valence-electron chi connectivity index (χ1n) is 7.27. The smallest absolute Gasteiger partial charge is 0.375 e. The number of carbonyl (C=O) groups excluding carboxylic acids is 2. The number of guanidine groups is 1. The molecule has 2 fully saturated rings. The van der Waals surface area contributed by atoms with Gasteiger partial charge in [-0.3, -0.25) is 19.2 Å². The molecule has 0 spiro atoms. The fourth-order valence-electron chi connectivity index (χ4n) is 2.93. The number of amides is 3. The predicted octanol–water partition coefficient (Wildman–Crippen LogP) is -0.822. The zero-order chi connectivity index (χ0) is 15.9. The summed E-state index contributed by atoms with van der Waals surface area (Å²) in [6.45, 7) is 6.95. The number of nitrogens with zero attached hydrogens (tertiary/aromatic N) is 5. The number of hydrogen-bond donors (Lipinski definition) is 0. The summed E-state index contributed by atoms with van der Waals surface area (Å²) in [5, 5.41) is 0. The van der Waals surface area contributed by atoms with E-state index in [9.17, 15) is 9.59 Å². The minimum absolute atomic E-state index is 0.257. The summed E-state index contributed by atoms with van der Waals surface area (Å²) in [6, 6.07) is -0.926. The van der Waals surface area contributed by atoms with Gasteiger partial charge in [0.15, 0.2) is 0 Å². The Bertz CT molecular complexity index is 589. The summed E-state index contributed by atoms with van der Waals surface area (Å²) in [5.41, 5.74) is 0. The van der Waals surface area contributed by atoms with Crippen LogP contribution in [0.3, 0.4) is 0 Å². The second-order valence-electron chi connectivity index (χ2n) is 5.45. The van der Waals surface area contributed by atoms with Gasteiger partial charge in [-0.1, -0.05) is 17.6 Å². The van der Waals surface area contributed by atoms with Crippen LogP contribution in [0, 0.1) is 0 Å². The van der Waals surface area contributed by atoms with Gasteiger partial charge in [0.25, 0.3) is 5.91 Å². The van der Waals surface area contributed by atoms with Crippen molar-refractivity contribution in [1.82, 2.24) is 14.7 Å². The van der Waals surface area contributed by atoms with Crippen LogP contribution in [0.25, 0.3) is 0 Å². The molecule has 0 aromatic heterocycles. The average molecular weight is 306 g/mol. The summed E-state index contributed by atoms with van der Waals surface area (Å²) < 4.78 is 7.45. The van der Waals surface area contributed by atoms with E-state index in [0.717, 1.165) is 4.90 Å². The van der Waals surface area contributed by atoms with Crippen LogP contribution in [0.15, 0.2) is 17.6 Å². The van der Waals surface area contributed by atoms with Crippen molar-refractivity contribution in [2.75, 3.05) is 46.9 Å². The number of rotatable bonds is 2. The lowest BCUT2D eigenvalue weighted by atomic mass is 10.1. The SMILES string of the molecule is C=CCN1C(=[N+]2CCOCC2)N=C2C1C(=O)N(C)C(=O)N2C. The molecule has 3 aliphatic heterocycles. The van der Waals surface area contributed by atoms with Crippen molar-refractivity contribution in [2.24, 2.45) is 4.99 Å². The first kappa shape index (κ1) is 14.7. The average Bonchev–Trinajstić information content (AvgIpc) is 2.92. The van der Waals surface area contributed by atoms with Crippen molar-refractivity contribution in [3.63, 3.8) is 0 Å². The molecular weight excluding hydrogens is 286 g/mol. The molecule has 3 heterocycles. The summed E-state index contributed by atoms with van der Waals surface area (Å²) in [7, 11) is 3.14. The molecule has 0 radical (unpaired) electrons. The Morgan fingerprint density at radius 3 is 2.64 bits per heavy atom. The van der Waals surface area contributed by atoms with Gasteiger partial charge in [0, 0.05) is 14.1 Å². The molecule has 118 valence electrons. The van der Waals surface area contributed by atoms with Gasteiger partial charge in [-0.2, -0.15) is 0 Å². The normalized spacial score (nSPS) is 25.6. The maximum absolute atomic E-state index is 12.5. The number of carbonyl (C=O) groups is 2. The second-order valence-corrected chi connectivity index (χ2v) is 5.45. The van der Waals surface area contributed by atoms with Gasteiger partial charge in [0.05, 0.1) is 32.8 Å².